The van der Waals surface area contributed by atoms with E-state index in [4.69, 9.17) is 0 Å². The van der Waals surface area contributed by atoms with Crippen molar-refractivity contribution >= 4 is 16.8 Å². The summed E-state index contributed by atoms with van der Waals surface area (Å²) < 4.78 is 0. The van der Waals surface area contributed by atoms with E-state index in [0.717, 1.165) is 44.4 Å². The summed E-state index contributed by atoms with van der Waals surface area (Å²) in [5, 5.41) is 4.57. The third-order valence-corrected chi connectivity index (χ3v) is 7.02. The maximum absolute atomic E-state index is 13.2. The van der Waals surface area contributed by atoms with Crippen molar-refractivity contribution in [3.05, 3.63) is 108 Å². The van der Waals surface area contributed by atoms with Crippen molar-refractivity contribution < 1.29 is 4.79 Å². The van der Waals surface area contributed by atoms with E-state index in [0.29, 0.717) is 6.42 Å². The highest BCUT2D eigenvalue weighted by molar-refractivity contribution is 5.85. The van der Waals surface area contributed by atoms with Crippen molar-refractivity contribution in [2.45, 2.75) is 44.2 Å². The number of nitrogens with one attached hydrogen (secondary N) is 2. The first kappa shape index (κ1) is 22.4. The average Bonchev–Trinajstić information content (AvgIpc) is 3.30. The Hall–Kier alpha value is -3.37. The molecule has 4 nitrogen and oxygen atoms in total. The van der Waals surface area contributed by atoms with E-state index in [9.17, 15) is 4.79 Å². The Morgan fingerprint density at radius 1 is 0.882 bits per heavy atom. The number of carbonyl (C=O) groups excluding carboxylic acids is 1. The number of piperidine rings is 1. The number of benzene rings is 3. The molecule has 2 heterocycles. The molecule has 1 aliphatic heterocycles. The van der Waals surface area contributed by atoms with E-state index in [1.54, 1.807) is 0 Å². The minimum absolute atomic E-state index is 0.136. The first-order valence-electron chi connectivity index (χ1n) is 12.4. The Morgan fingerprint density at radius 3 is 2.26 bits per heavy atom. The van der Waals surface area contributed by atoms with Gasteiger partial charge in [0.2, 0.25) is 5.91 Å². The highest BCUT2D eigenvalue weighted by atomic mass is 16.1. The monoisotopic (exact) mass is 451 g/mol. The largest absolute Gasteiger partial charge is 0.361 e. The summed E-state index contributed by atoms with van der Waals surface area (Å²) in [7, 11) is 0. The van der Waals surface area contributed by atoms with Crippen LogP contribution in [0, 0.1) is 0 Å². The van der Waals surface area contributed by atoms with Crippen molar-refractivity contribution in [3.8, 4) is 0 Å². The van der Waals surface area contributed by atoms with Crippen LogP contribution in [-0.4, -0.2) is 34.9 Å². The second-order valence-electron chi connectivity index (χ2n) is 9.48. The zero-order chi connectivity index (χ0) is 23.2. The molecule has 1 aliphatic rings. The SMILES string of the molecule is O=C(CC(Cc1ccccc1)c1c[nH]c2ccccc12)NC1CCN(Cc2ccccc2)CC1. The number of hydrogen-bond acceptors (Lipinski definition) is 2. The molecule has 0 aliphatic carbocycles. The predicted octanol–water partition coefficient (Wildman–Crippen LogP) is 5.67. The van der Waals surface area contributed by atoms with Gasteiger partial charge in [-0.05, 0) is 47.9 Å². The van der Waals surface area contributed by atoms with E-state index in [-0.39, 0.29) is 17.9 Å². The quantitative estimate of drug-likeness (QED) is 0.363. The van der Waals surface area contributed by atoms with Crippen molar-refractivity contribution in [1.82, 2.24) is 15.2 Å². The van der Waals surface area contributed by atoms with Gasteiger partial charge in [0.05, 0.1) is 0 Å². The van der Waals surface area contributed by atoms with Gasteiger partial charge in [-0.3, -0.25) is 9.69 Å². The number of carbonyl (C=O) groups is 1. The summed E-state index contributed by atoms with van der Waals surface area (Å²) >= 11 is 0. The smallest absolute Gasteiger partial charge is 0.220 e. The van der Waals surface area contributed by atoms with Crippen molar-refractivity contribution in [2.24, 2.45) is 0 Å². The summed E-state index contributed by atoms with van der Waals surface area (Å²) in [6, 6.07) is 29.8. The van der Waals surface area contributed by atoms with Gasteiger partial charge < -0.3 is 10.3 Å². The topological polar surface area (TPSA) is 48.1 Å². The fraction of sp³-hybridized carbons (Fsp3) is 0.300. The third-order valence-electron chi connectivity index (χ3n) is 7.02. The molecule has 4 heteroatoms. The van der Waals surface area contributed by atoms with Gasteiger partial charge in [0.1, 0.15) is 0 Å². The van der Waals surface area contributed by atoms with Crippen LogP contribution in [0.3, 0.4) is 0 Å². The summed E-state index contributed by atoms with van der Waals surface area (Å²) in [5.74, 6) is 0.296. The molecule has 5 rings (SSSR count). The Morgan fingerprint density at radius 2 is 1.53 bits per heavy atom. The zero-order valence-electron chi connectivity index (χ0n) is 19.6. The number of aromatic amines is 1. The maximum atomic E-state index is 13.2. The third kappa shape index (κ3) is 5.57. The molecule has 4 aromatic rings. The average molecular weight is 452 g/mol. The molecule has 0 saturated carbocycles. The number of hydrogen-bond donors (Lipinski definition) is 2. The number of rotatable bonds is 8. The number of fused-ring (bicyclic) bond motifs is 1. The molecular weight excluding hydrogens is 418 g/mol. The first-order chi connectivity index (χ1) is 16.7. The number of aromatic nitrogens is 1. The highest BCUT2D eigenvalue weighted by Crippen LogP contribution is 2.31. The number of nitrogens with zero attached hydrogens (tertiary/aromatic N) is 1. The maximum Gasteiger partial charge on any atom is 0.220 e. The molecule has 34 heavy (non-hydrogen) atoms. The van der Waals surface area contributed by atoms with Crippen LogP contribution in [0.2, 0.25) is 0 Å². The second kappa shape index (κ2) is 10.7. The van der Waals surface area contributed by atoms with Gasteiger partial charge in [-0.1, -0.05) is 78.9 Å². The molecule has 1 aromatic heterocycles. The van der Waals surface area contributed by atoms with Crippen LogP contribution in [0.15, 0.2) is 91.1 Å². The van der Waals surface area contributed by atoms with Gasteiger partial charge in [-0.25, -0.2) is 0 Å². The van der Waals surface area contributed by atoms with Crippen LogP contribution in [0.5, 0.6) is 0 Å². The lowest BCUT2D eigenvalue weighted by atomic mass is 9.88. The Bertz CT molecular complexity index is 1190. The summed E-state index contributed by atoms with van der Waals surface area (Å²) in [6.45, 7) is 3.03. The molecule has 0 bridgehead atoms. The lowest BCUT2D eigenvalue weighted by molar-refractivity contribution is -0.122. The molecule has 174 valence electrons. The Kier molecular flexibility index (Phi) is 7.06. The van der Waals surface area contributed by atoms with Crippen LogP contribution >= 0.6 is 0 Å². The normalized spacial score (nSPS) is 15.9. The summed E-state index contributed by atoms with van der Waals surface area (Å²) in [4.78, 5) is 19.1. The Labute approximate surface area is 202 Å². The van der Waals surface area contributed by atoms with Gasteiger partial charge >= 0.3 is 0 Å². The molecule has 0 spiro atoms. The lowest BCUT2D eigenvalue weighted by Gasteiger charge is -2.32. The molecule has 3 aromatic carbocycles. The fourth-order valence-corrected chi connectivity index (χ4v) is 5.21. The van der Waals surface area contributed by atoms with E-state index < -0.39 is 0 Å². The van der Waals surface area contributed by atoms with Crippen LogP contribution in [0.1, 0.15) is 41.9 Å². The van der Waals surface area contributed by atoms with Gasteiger partial charge in [0.25, 0.3) is 0 Å². The van der Waals surface area contributed by atoms with Gasteiger partial charge in [-0.2, -0.15) is 0 Å². The van der Waals surface area contributed by atoms with Crippen LogP contribution in [0.25, 0.3) is 10.9 Å². The molecule has 1 atom stereocenters. The summed E-state index contributed by atoms with van der Waals surface area (Å²) in [5.41, 5.74) is 4.97. The highest BCUT2D eigenvalue weighted by Gasteiger charge is 2.24. The second-order valence-corrected chi connectivity index (χ2v) is 9.48. The van der Waals surface area contributed by atoms with Gasteiger partial charge in [-0.15, -0.1) is 0 Å². The molecule has 1 unspecified atom stereocenters. The molecule has 1 amide bonds. The van der Waals surface area contributed by atoms with Crippen LogP contribution < -0.4 is 5.32 Å². The molecule has 1 saturated heterocycles. The van der Waals surface area contributed by atoms with Crippen LogP contribution in [-0.2, 0) is 17.8 Å². The van der Waals surface area contributed by atoms with E-state index in [2.05, 4.69) is 94.2 Å². The zero-order valence-corrected chi connectivity index (χ0v) is 19.6. The number of amides is 1. The van der Waals surface area contributed by atoms with E-state index in [1.807, 2.05) is 12.1 Å². The molecule has 0 radical (unpaired) electrons. The van der Waals surface area contributed by atoms with E-state index in [1.165, 1.54) is 22.1 Å². The van der Waals surface area contributed by atoms with Gasteiger partial charge in [0, 0.05) is 49.2 Å². The van der Waals surface area contributed by atoms with Crippen molar-refractivity contribution in [3.63, 3.8) is 0 Å². The minimum atomic E-state index is 0.136. The van der Waals surface area contributed by atoms with Crippen molar-refractivity contribution in [2.75, 3.05) is 13.1 Å². The van der Waals surface area contributed by atoms with Crippen molar-refractivity contribution in [1.29, 1.82) is 0 Å². The van der Waals surface area contributed by atoms with Crippen LogP contribution in [0.4, 0.5) is 0 Å². The predicted molar refractivity (Wildman–Crippen MR) is 139 cm³/mol. The number of H-pyrrole nitrogens is 1. The van der Waals surface area contributed by atoms with E-state index >= 15 is 0 Å². The number of likely N-dealkylation sites (tertiary alicyclic amines) is 1. The minimum Gasteiger partial charge on any atom is -0.361 e. The lowest BCUT2D eigenvalue weighted by Crippen LogP contribution is -2.44. The number of para-hydroxylation sites is 1. The standard InChI is InChI=1S/C30H33N3O/c34-30(32-26-15-17-33(18-16-26)22-24-11-5-2-6-12-24)20-25(19-23-9-3-1-4-10-23)28-21-31-29-14-8-7-13-27(28)29/h1-14,21,25-26,31H,15-20,22H2,(H,32,34). The summed E-state index contributed by atoms with van der Waals surface area (Å²) in [6.07, 6.45) is 5.46. The fourth-order valence-electron chi connectivity index (χ4n) is 5.21. The first-order valence-corrected chi connectivity index (χ1v) is 12.4. The molecular formula is C30H33N3O. The van der Waals surface area contributed by atoms with Gasteiger partial charge in [0.15, 0.2) is 0 Å². The molecule has 2 N–H and O–H groups in total. The Balaban J connectivity index is 1.22. The molecule has 1 fully saturated rings.